The summed E-state index contributed by atoms with van der Waals surface area (Å²) in [6.45, 7) is 1.92. The van der Waals surface area contributed by atoms with Gasteiger partial charge in [-0.25, -0.2) is 9.78 Å². The van der Waals surface area contributed by atoms with Crippen LogP contribution in [0.15, 0.2) is 54.9 Å². The molecule has 0 saturated carbocycles. The minimum absolute atomic E-state index is 0.293. The number of anilines is 2. The van der Waals surface area contributed by atoms with E-state index in [-0.39, 0.29) is 11.9 Å². The number of hydrogen-bond acceptors (Lipinski definition) is 6. The van der Waals surface area contributed by atoms with Gasteiger partial charge in [-0.15, -0.1) is 0 Å². The number of likely N-dealkylation sites (tertiary alicyclic amines) is 1. The van der Waals surface area contributed by atoms with Gasteiger partial charge in [-0.3, -0.25) is 24.1 Å². The summed E-state index contributed by atoms with van der Waals surface area (Å²) >= 11 is 6.14. The van der Waals surface area contributed by atoms with Crippen molar-refractivity contribution in [2.45, 2.75) is 31.8 Å². The number of nitrogens with zero attached hydrogens (tertiary/aromatic N) is 5. The topological polar surface area (TPSA) is 112 Å². The number of aryl methyl sites for hydroxylation is 1. The maximum atomic E-state index is 13.7. The standard InChI is InChI=1S/C26H30ClN7O3/c1-5-20(17-7-6-8-18(27)15-17)31-26(37)34-23(25(36)32(3)22-10-12-30-33(22)4)19(24(34)35)13-16-9-11-29-21(14-16)28-2/h6-12,14-15,19-20,23H,5,13H2,1-4H3,(H,28,29)(H,31,37)/t19-,20-,23+/m1/s1. The molecule has 0 aliphatic carbocycles. The smallest absolute Gasteiger partial charge is 0.325 e. The molecule has 2 N–H and O–H groups in total. The van der Waals surface area contributed by atoms with Crippen LogP contribution in [0, 0.1) is 5.92 Å². The van der Waals surface area contributed by atoms with E-state index in [9.17, 15) is 14.4 Å². The first-order chi connectivity index (χ1) is 17.7. The molecule has 194 valence electrons. The number of carbonyl (C=O) groups is 3. The Bertz CT molecular complexity index is 1310. The number of β-lactam (4-membered cyclic amide) rings is 1. The molecule has 4 amide bonds. The molecule has 4 rings (SSSR count). The van der Waals surface area contributed by atoms with E-state index in [4.69, 9.17) is 11.6 Å². The van der Waals surface area contributed by atoms with E-state index < -0.39 is 23.9 Å². The van der Waals surface area contributed by atoms with Crippen molar-refractivity contribution in [2.75, 3.05) is 24.3 Å². The molecule has 1 aliphatic rings. The van der Waals surface area contributed by atoms with Crippen molar-refractivity contribution < 1.29 is 14.4 Å². The summed E-state index contributed by atoms with van der Waals surface area (Å²) in [6.07, 6.45) is 4.10. The highest BCUT2D eigenvalue weighted by atomic mass is 35.5. The second-order valence-corrected chi connectivity index (χ2v) is 9.38. The van der Waals surface area contributed by atoms with E-state index in [1.807, 2.05) is 19.1 Å². The molecule has 37 heavy (non-hydrogen) atoms. The van der Waals surface area contributed by atoms with Gasteiger partial charge in [-0.05, 0) is 48.2 Å². The number of likely N-dealkylation sites (N-methyl/N-ethyl adjacent to an activating group) is 1. The van der Waals surface area contributed by atoms with Crippen LogP contribution in [-0.2, 0) is 23.1 Å². The highest BCUT2D eigenvalue weighted by Gasteiger charge is 2.55. The van der Waals surface area contributed by atoms with E-state index in [0.717, 1.165) is 16.0 Å². The Morgan fingerprint density at radius 1 is 1.19 bits per heavy atom. The van der Waals surface area contributed by atoms with Crippen molar-refractivity contribution in [3.8, 4) is 0 Å². The molecule has 0 spiro atoms. The number of aromatic nitrogens is 3. The van der Waals surface area contributed by atoms with Crippen molar-refractivity contribution >= 4 is 41.1 Å². The lowest BCUT2D eigenvalue weighted by Crippen LogP contribution is -2.70. The van der Waals surface area contributed by atoms with Crippen LogP contribution in [0.4, 0.5) is 16.4 Å². The summed E-state index contributed by atoms with van der Waals surface area (Å²) in [6, 6.07) is 10.6. The molecular formula is C26H30ClN7O3. The van der Waals surface area contributed by atoms with Crippen molar-refractivity contribution in [1.82, 2.24) is 25.0 Å². The summed E-state index contributed by atoms with van der Waals surface area (Å²) in [5.74, 6) is -0.274. The number of pyridine rings is 1. The fourth-order valence-corrected chi connectivity index (χ4v) is 4.82. The molecule has 3 atom stereocenters. The van der Waals surface area contributed by atoms with Crippen molar-refractivity contribution in [3.63, 3.8) is 0 Å². The largest absolute Gasteiger partial charge is 0.373 e. The molecule has 11 heteroatoms. The predicted octanol–water partition coefficient (Wildman–Crippen LogP) is 3.40. The summed E-state index contributed by atoms with van der Waals surface area (Å²) in [4.78, 5) is 47.1. The van der Waals surface area contributed by atoms with Crippen LogP contribution in [0.2, 0.25) is 5.02 Å². The Kier molecular flexibility index (Phi) is 7.77. The number of benzene rings is 1. The zero-order valence-electron chi connectivity index (χ0n) is 21.2. The zero-order valence-corrected chi connectivity index (χ0v) is 21.9. The van der Waals surface area contributed by atoms with E-state index >= 15 is 0 Å². The van der Waals surface area contributed by atoms with Crippen LogP contribution in [0.1, 0.15) is 30.5 Å². The molecular weight excluding hydrogens is 494 g/mol. The third-order valence-electron chi connectivity index (χ3n) is 6.65. The van der Waals surface area contributed by atoms with Gasteiger partial charge in [-0.2, -0.15) is 5.10 Å². The number of halogens is 1. The molecule has 1 saturated heterocycles. The fourth-order valence-electron chi connectivity index (χ4n) is 4.62. The molecule has 0 bridgehead atoms. The normalized spacial score (nSPS) is 17.6. The number of hydrogen-bond donors (Lipinski definition) is 2. The number of rotatable bonds is 8. The Balaban J connectivity index is 1.61. The SMILES string of the molecule is CC[C@@H](NC(=O)N1C(=O)[C@H](Cc2ccnc(NC)c2)[C@H]1C(=O)N(C)c1ccnn1C)c1cccc(Cl)c1. The van der Waals surface area contributed by atoms with Crippen LogP contribution >= 0.6 is 11.6 Å². The molecule has 1 fully saturated rings. The summed E-state index contributed by atoms with van der Waals surface area (Å²) in [7, 11) is 5.09. The molecule has 0 radical (unpaired) electrons. The van der Waals surface area contributed by atoms with Crippen LogP contribution in [0.25, 0.3) is 0 Å². The maximum absolute atomic E-state index is 13.7. The summed E-state index contributed by atoms with van der Waals surface area (Å²) < 4.78 is 1.56. The van der Waals surface area contributed by atoms with Crippen molar-refractivity contribution in [3.05, 3.63) is 71.0 Å². The summed E-state index contributed by atoms with van der Waals surface area (Å²) in [5.41, 5.74) is 1.66. The number of nitrogens with one attached hydrogen (secondary N) is 2. The molecule has 1 aliphatic heterocycles. The molecule has 1 aromatic carbocycles. The minimum atomic E-state index is -0.976. The van der Waals surface area contributed by atoms with Gasteiger partial charge >= 0.3 is 6.03 Å². The lowest BCUT2D eigenvalue weighted by molar-refractivity contribution is -0.156. The maximum Gasteiger partial charge on any atom is 0.325 e. The Hall–Kier alpha value is -3.92. The summed E-state index contributed by atoms with van der Waals surface area (Å²) in [5, 5.41) is 10.6. The first-order valence-corrected chi connectivity index (χ1v) is 12.4. The molecule has 3 heterocycles. The van der Waals surface area contributed by atoms with Gasteiger partial charge in [0.1, 0.15) is 17.7 Å². The molecule has 0 unspecified atom stereocenters. The first-order valence-electron chi connectivity index (χ1n) is 12.0. The highest BCUT2D eigenvalue weighted by Crippen LogP contribution is 2.33. The number of carbonyl (C=O) groups excluding carboxylic acids is 3. The van der Waals surface area contributed by atoms with Gasteiger partial charge in [0.15, 0.2) is 0 Å². The fraction of sp³-hybridized carbons (Fsp3) is 0.346. The van der Waals surface area contributed by atoms with Crippen LogP contribution in [-0.4, -0.2) is 57.6 Å². The lowest BCUT2D eigenvalue weighted by Gasteiger charge is -2.46. The Morgan fingerprint density at radius 3 is 2.62 bits per heavy atom. The van der Waals surface area contributed by atoms with Crippen LogP contribution in [0.5, 0.6) is 0 Å². The highest BCUT2D eigenvalue weighted by molar-refractivity contribution is 6.30. The van der Waals surface area contributed by atoms with Crippen molar-refractivity contribution in [2.24, 2.45) is 13.0 Å². The third-order valence-corrected chi connectivity index (χ3v) is 6.88. The van der Waals surface area contributed by atoms with Gasteiger partial charge in [0.05, 0.1) is 18.2 Å². The van der Waals surface area contributed by atoms with E-state index in [1.165, 1.54) is 4.90 Å². The second-order valence-electron chi connectivity index (χ2n) is 8.94. The van der Waals surface area contributed by atoms with Gasteiger partial charge in [0, 0.05) is 38.4 Å². The number of imide groups is 1. The van der Waals surface area contributed by atoms with Crippen LogP contribution < -0.4 is 15.5 Å². The van der Waals surface area contributed by atoms with Crippen molar-refractivity contribution in [1.29, 1.82) is 0 Å². The monoisotopic (exact) mass is 523 g/mol. The quantitative estimate of drug-likeness (QED) is 0.438. The lowest BCUT2D eigenvalue weighted by atomic mass is 9.81. The Labute approximate surface area is 220 Å². The minimum Gasteiger partial charge on any atom is -0.373 e. The average Bonchev–Trinajstić information content (AvgIpc) is 3.33. The van der Waals surface area contributed by atoms with Crippen LogP contribution in [0.3, 0.4) is 0 Å². The number of amides is 4. The molecule has 10 nitrogen and oxygen atoms in total. The van der Waals surface area contributed by atoms with Gasteiger partial charge in [-0.1, -0.05) is 30.7 Å². The second kappa shape index (κ2) is 11.0. The van der Waals surface area contributed by atoms with E-state index in [2.05, 4.69) is 20.7 Å². The Morgan fingerprint density at radius 2 is 1.97 bits per heavy atom. The zero-order chi connectivity index (χ0) is 26.7. The third kappa shape index (κ3) is 5.29. The molecule has 2 aromatic heterocycles. The first kappa shape index (κ1) is 26.2. The van der Waals surface area contributed by atoms with Gasteiger partial charge < -0.3 is 10.6 Å². The van der Waals surface area contributed by atoms with E-state index in [1.54, 1.807) is 68.6 Å². The van der Waals surface area contributed by atoms with Gasteiger partial charge in [0.25, 0.3) is 5.91 Å². The average molecular weight is 524 g/mol. The van der Waals surface area contributed by atoms with E-state index in [0.29, 0.717) is 29.5 Å². The van der Waals surface area contributed by atoms with Gasteiger partial charge in [0.2, 0.25) is 5.91 Å². The molecule has 3 aromatic rings. The predicted molar refractivity (Wildman–Crippen MR) is 141 cm³/mol. The number of urea groups is 1.